The van der Waals surface area contributed by atoms with E-state index in [0.717, 1.165) is 45.5 Å². The number of aromatic nitrogens is 3. The molecule has 0 radical (unpaired) electrons. The first kappa shape index (κ1) is 24.8. The molecule has 0 saturated carbocycles. The molecule has 1 N–H and O–H groups in total. The molecule has 0 amide bonds. The molecule has 0 bridgehead atoms. The van der Waals surface area contributed by atoms with E-state index in [0.29, 0.717) is 17.5 Å². The van der Waals surface area contributed by atoms with E-state index >= 15 is 0 Å². The summed E-state index contributed by atoms with van der Waals surface area (Å²) >= 11 is 0. The minimum absolute atomic E-state index is 0.278. The fraction of sp³-hybridized carbons (Fsp3) is 0.152. The molecule has 3 aromatic carbocycles. The summed E-state index contributed by atoms with van der Waals surface area (Å²) in [6, 6.07) is 28.1. The first-order valence-corrected chi connectivity index (χ1v) is 13.6. The van der Waals surface area contributed by atoms with E-state index < -0.39 is 0 Å². The number of nitrogens with one attached hydrogen (secondary N) is 1. The molecule has 8 nitrogen and oxygen atoms in total. The minimum Gasteiger partial charge on any atom is -0.496 e. The number of para-hydroxylation sites is 3. The van der Waals surface area contributed by atoms with E-state index in [2.05, 4.69) is 59.4 Å². The normalized spacial score (nSPS) is 15.3. The zero-order chi connectivity index (χ0) is 28.1. The molecule has 202 valence electrons. The van der Waals surface area contributed by atoms with Gasteiger partial charge in [0.1, 0.15) is 5.75 Å². The summed E-state index contributed by atoms with van der Waals surface area (Å²) < 4.78 is 7.73. The van der Waals surface area contributed by atoms with Gasteiger partial charge in [-0.3, -0.25) is 0 Å². The maximum Gasteiger partial charge on any atom is 0.179 e. The molecule has 0 saturated heterocycles. The van der Waals surface area contributed by atoms with Crippen LogP contribution in [0.25, 0.3) is 5.82 Å². The molecule has 2 aliphatic rings. The number of rotatable bonds is 4. The average molecular weight is 540 g/mol. The number of ether oxygens (including phenoxy) is 1. The molecule has 0 fully saturated rings. The van der Waals surface area contributed by atoms with Gasteiger partial charge in [0.05, 0.1) is 30.2 Å². The van der Waals surface area contributed by atoms with Crippen molar-refractivity contribution in [3.05, 3.63) is 119 Å². The van der Waals surface area contributed by atoms with Crippen LogP contribution in [-0.2, 0) is 0 Å². The Morgan fingerprint density at radius 2 is 1.63 bits per heavy atom. The van der Waals surface area contributed by atoms with Crippen molar-refractivity contribution >= 4 is 34.6 Å². The summed E-state index contributed by atoms with van der Waals surface area (Å²) in [5.74, 6) is 3.56. The van der Waals surface area contributed by atoms with Crippen molar-refractivity contribution in [1.82, 2.24) is 14.8 Å². The Labute approximate surface area is 238 Å². The summed E-state index contributed by atoms with van der Waals surface area (Å²) in [5, 5.41) is 8.54. The van der Waals surface area contributed by atoms with E-state index in [4.69, 9.17) is 19.8 Å². The second kappa shape index (κ2) is 9.75. The minimum atomic E-state index is -0.278. The van der Waals surface area contributed by atoms with Crippen molar-refractivity contribution in [2.75, 3.05) is 17.3 Å². The van der Waals surface area contributed by atoms with Gasteiger partial charge in [-0.25, -0.2) is 15.0 Å². The van der Waals surface area contributed by atoms with Gasteiger partial charge in [0.2, 0.25) is 0 Å². The highest BCUT2D eigenvalue weighted by Gasteiger charge is 2.42. The summed E-state index contributed by atoms with van der Waals surface area (Å²) in [6.07, 6.45) is 1.77. The third-order valence-electron chi connectivity index (χ3n) is 7.71. The fourth-order valence-corrected chi connectivity index (χ4v) is 5.58. The largest absolute Gasteiger partial charge is 0.496 e. The predicted octanol–water partition coefficient (Wildman–Crippen LogP) is 7.00. The average Bonchev–Trinajstić information content (AvgIpc) is 3.34. The monoisotopic (exact) mass is 539 g/mol. The van der Waals surface area contributed by atoms with Crippen LogP contribution in [0.4, 0.5) is 22.9 Å². The highest BCUT2D eigenvalue weighted by Crippen LogP contribution is 2.49. The van der Waals surface area contributed by atoms with E-state index in [1.807, 2.05) is 66.2 Å². The van der Waals surface area contributed by atoms with Gasteiger partial charge in [-0.2, -0.15) is 9.78 Å². The lowest BCUT2D eigenvalue weighted by Crippen LogP contribution is -2.46. The number of aryl methyl sites for hydroxylation is 3. The van der Waals surface area contributed by atoms with Crippen molar-refractivity contribution in [3.63, 3.8) is 0 Å². The van der Waals surface area contributed by atoms with Gasteiger partial charge in [-0.05, 0) is 74.4 Å². The van der Waals surface area contributed by atoms with E-state index in [1.54, 1.807) is 13.3 Å². The number of aliphatic imine (C=N–C) groups is 2. The molecular formula is C33H29N7O. The smallest absolute Gasteiger partial charge is 0.179 e. The summed E-state index contributed by atoms with van der Waals surface area (Å²) in [6.45, 7) is 6.25. The van der Waals surface area contributed by atoms with Gasteiger partial charge in [-0.15, -0.1) is 0 Å². The number of pyridine rings is 1. The van der Waals surface area contributed by atoms with Gasteiger partial charge < -0.3 is 15.0 Å². The zero-order valence-corrected chi connectivity index (χ0v) is 23.3. The van der Waals surface area contributed by atoms with Crippen molar-refractivity contribution < 1.29 is 4.74 Å². The molecule has 7 rings (SSSR count). The summed E-state index contributed by atoms with van der Waals surface area (Å²) in [5.41, 5.74) is 8.07. The SMILES string of the molecule is COc1ccccc1[C@@H]1c2c(C)nn(-c3ccccn3)c2N=C2C(Nc3ccc(C)c(C)c3)=Nc3ccccc3N21. The van der Waals surface area contributed by atoms with E-state index in [1.165, 1.54) is 11.1 Å². The second-order valence-electron chi connectivity index (χ2n) is 10.2. The molecule has 0 unspecified atom stereocenters. The van der Waals surface area contributed by atoms with Crippen LogP contribution in [0.2, 0.25) is 0 Å². The lowest BCUT2D eigenvalue weighted by molar-refractivity contribution is 0.407. The standard InChI is InChI=1S/C33H29N7O/c1-20-16-17-23(19-21(20)2)35-31-33-37-32-29(22(3)38-40(32)28-15-9-10-18-34-28)30(24-11-5-8-14-27(24)41-4)39(33)26-13-7-6-12-25(26)36-31/h5-19,30H,1-4H3,(H,35,36)/t30-/m1/s1. The number of fused-ring (bicyclic) bond motifs is 4. The van der Waals surface area contributed by atoms with Crippen molar-refractivity contribution in [2.45, 2.75) is 26.8 Å². The zero-order valence-electron chi connectivity index (χ0n) is 23.3. The van der Waals surface area contributed by atoms with Crippen LogP contribution in [0.3, 0.4) is 0 Å². The number of benzene rings is 3. The Kier molecular flexibility index (Phi) is 5.89. The summed E-state index contributed by atoms with van der Waals surface area (Å²) in [4.78, 5) is 17.2. The molecule has 2 aliphatic heterocycles. The number of nitrogens with zero attached hydrogens (tertiary/aromatic N) is 6. The number of methoxy groups -OCH3 is 1. The number of hydrogen-bond donors (Lipinski definition) is 1. The topological polar surface area (TPSA) is 79.9 Å². The van der Waals surface area contributed by atoms with Crippen molar-refractivity contribution in [1.29, 1.82) is 0 Å². The Balaban J connectivity index is 1.51. The maximum absolute atomic E-state index is 5.91. The molecule has 0 spiro atoms. The van der Waals surface area contributed by atoms with Crippen LogP contribution >= 0.6 is 0 Å². The number of hydrogen-bond acceptors (Lipinski definition) is 7. The highest BCUT2D eigenvalue weighted by atomic mass is 16.5. The van der Waals surface area contributed by atoms with Gasteiger partial charge in [-0.1, -0.05) is 42.5 Å². The van der Waals surface area contributed by atoms with E-state index in [9.17, 15) is 0 Å². The predicted molar refractivity (Wildman–Crippen MR) is 164 cm³/mol. The Hall–Kier alpha value is -5.24. The van der Waals surface area contributed by atoms with Crippen LogP contribution in [0.15, 0.2) is 101 Å². The Morgan fingerprint density at radius 3 is 2.44 bits per heavy atom. The lowest BCUT2D eigenvalue weighted by atomic mass is 9.92. The first-order valence-electron chi connectivity index (χ1n) is 13.6. The van der Waals surface area contributed by atoms with Crippen LogP contribution in [0, 0.1) is 20.8 Å². The molecule has 2 aromatic heterocycles. The number of anilines is 2. The van der Waals surface area contributed by atoms with Gasteiger partial charge in [0.15, 0.2) is 23.3 Å². The van der Waals surface area contributed by atoms with Crippen molar-refractivity contribution in [2.24, 2.45) is 9.98 Å². The molecule has 41 heavy (non-hydrogen) atoms. The summed E-state index contributed by atoms with van der Waals surface area (Å²) in [7, 11) is 1.71. The van der Waals surface area contributed by atoms with Crippen LogP contribution in [0.5, 0.6) is 5.75 Å². The first-order chi connectivity index (χ1) is 20.0. The van der Waals surface area contributed by atoms with E-state index in [-0.39, 0.29) is 6.04 Å². The van der Waals surface area contributed by atoms with Crippen molar-refractivity contribution in [3.8, 4) is 11.6 Å². The highest BCUT2D eigenvalue weighted by molar-refractivity contribution is 6.51. The van der Waals surface area contributed by atoms with Crippen LogP contribution in [-0.4, -0.2) is 33.5 Å². The third kappa shape index (κ3) is 4.07. The molecule has 0 aliphatic carbocycles. The Bertz CT molecular complexity index is 1860. The van der Waals surface area contributed by atoms with Crippen LogP contribution in [0.1, 0.15) is 34.0 Å². The van der Waals surface area contributed by atoms with Gasteiger partial charge in [0.25, 0.3) is 0 Å². The second-order valence-corrected chi connectivity index (χ2v) is 10.2. The molecular weight excluding hydrogens is 510 g/mol. The number of amidine groups is 2. The lowest BCUT2D eigenvalue weighted by Gasteiger charge is -2.40. The molecule has 1 atom stereocenters. The third-order valence-corrected chi connectivity index (χ3v) is 7.71. The molecule has 5 aromatic rings. The molecule has 8 heteroatoms. The quantitative estimate of drug-likeness (QED) is 0.266. The van der Waals surface area contributed by atoms with Crippen LogP contribution < -0.4 is 15.0 Å². The maximum atomic E-state index is 5.91. The Morgan fingerprint density at radius 1 is 0.829 bits per heavy atom. The fourth-order valence-electron chi connectivity index (χ4n) is 5.58. The molecule has 4 heterocycles. The van der Waals surface area contributed by atoms with Gasteiger partial charge >= 0.3 is 0 Å². The van der Waals surface area contributed by atoms with Gasteiger partial charge in [0, 0.05) is 23.0 Å².